The summed E-state index contributed by atoms with van der Waals surface area (Å²) in [6.45, 7) is 24.1. The summed E-state index contributed by atoms with van der Waals surface area (Å²) in [4.78, 5) is 0. The largest absolute Gasteiger partial charge is 0.0628 e. The average molecular weight is 269 g/mol. The van der Waals surface area contributed by atoms with Gasteiger partial charge in [0.25, 0.3) is 0 Å². The lowest BCUT2D eigenvalue weighted by atomic mass is 9.62. The molecule has 0 aliphatic carbocycles. The maximum atomic E-state index is 2.46. The van der Waals surface area contributed by atoms with Crippen molar-refractivity contribution in [2.45, 2.75) is 88.5 Å². The molecule has 0 bridgehead atoms. The minimum absolute atomic E-state index is 0.412. The maximum Gasteiger partial charge on any atom is -0.0332 e. The van der Waals surface area contributed by atoms with Crippen molar-refractivity contribution in [3.8, 4) is 0 Å². The Morgan fingerprint density at radius 1 is 0.684 bits per heavy atom. The van der Waals surface area contributed by atoms with Gasteiger partial charge in [-0.3, -0.25) is 0 Å². The van der Waals surface area contributed by atoms with Gasteiger partial charge < -0.3 is 0 Å². The summed E-state index contributed by atoms with van der Waals surface area (Å²) in [5.74, 6) is 3.29. The molecule has 3 unspecified atom stereocenters. The Kier molecular flexibility index (Phi) is 7.14. The van der Waals surface area contributed by atoms with E-state index in [1.165, 1.54) is 19.3 Å². The van der Waals surface area contributed by atoms with Crippen LogP contribution in [0.1, 0.15) is 88.5 Å². The lowest BCUT2D eigenvalue weighted by molar-refractivity contribution is 0.0634. The molecule has 0 heteroatoms. The van der Waals surface area contributed by atoms with Crippen molar-refractivity contribution in [1.29, 1.82) is 0 Å². The van der Waals surface area contributed by atoms with Gasteiger partial charge in [-0.1, -0.05) is 82.1 Å². The van der Waals surface area contributed by atoms with E-state index < -0.39 is 0 Å². The molecule has 116 valence electrons. The van der Waals surface area contributed by atoms with E-state index in [1.807, 2.05) is 0 Å². The van der Waals surface area contributed by atoms with Crippen molar-refractivity contribution in [2.75, 3.05) is 0 Å². The van der Waals surface area contributed by atoms with Crippen LogP contribution in [0.4, 0.5) is 0 Å². The molecule has 0 radical (unpaired) electrons. The summed E-state index contributed by atoms with van der Waals surface area (Å²) in [6, 6.07) is 0. The van der Waals surface area contributed by atoms with Crippen molar-refractivity contribution in [1.82, 2.24) is 0 Å². The van der Waals surface area contributed by atoms with Crippen LogP contribution >= 0.6 is 0 Å². The molecule has 0 saturated carbocycles. The highest BCUT2D eigenvalue weighted by atomic mass is 14.4. The molecule has 0 saturated heterocycles. The minimum Gasteiger partial charge on any atom is -0.0628 e. The van der Waals surface area contributed by atoms with Crippen LogP contribution in [0.25, 0.3) is 0 Å². The molecule has 0 nitrogen and oxygen atoms in total. The number of hydrogen-bond acceptors (Lipinski definition) is 0. The minimum atomic E-state index is 0.412. The summed E-state index contributed by atoms with van der Waals surface area (Å²) < 4.78 is 0. The normalized spacial score (nSPS) is 18.5. The fourth-order valence-electron chi connectivity index (χ4n) is 3.08. The van der Waals surface area contributed by atoms with Gasteiger partial charge in [-0.05, 0) is 40.9 Å². The molecule has 0 N–H and O–H groups in total. The van der Waals surface area contributed by atoms with Gasteiger partial charge in [0.1, 0.15) is 0 Å². The Hall–Kier alpha value is 0. The third-order valence-electron chi connectivity index (χ3n) is 4.98. The molecule has 0 aromatic rings. The topological polar surface area (TPSA) is 0 Å². The van der Waals surface area contributed by atoms with Crippen LogP contribution in [0.3, 0.4) is 0 Å². The lowest BCUT2D eigenvalue weighted by Crippen LogP contribution is -2.35. The van der Waals surface area contributed by atoms with E-state index in [0.29, 0.717) is 10.8 Å². The molecule has 0 aliphatic heterocycles. The SMILES string of the molecule is CC(C)CCC(C)CC(C(C)C(C)(C)C)C(C)(C)C. The van der Waals surface area contributed by atoms with Gasteiger partial charge in [0, 0.05) is 0 Å². The lowest BCUT2D eigenvalue weighted by Gasteiger charge is -2.43. The van der Waals surface area contributed by atoms with Gasteiger partial charge in [0.2, 0.25) is 0 Å². The Morgan fingerprint density at radius 3 is 1.47 bits per heavy atom. The number of rotatable bonds is 6. The summed E-state index contributed by atoms with van der Waals surface area (Å²) in [5, 5.41) is 0. The molecule has 0 aliphatic rings. The first-order chi connectivity index (χ1) is 8.35. The van der Waals surface area contributed by atoms with Crippen molar-refractivity contribution < 1.29 is 0 Å². The van der Waals surface area contributed by atoms with Crippen LogP contribution < -0.4 is 0 Å². The maximum absolute atomic E-state index is 2.46. The molecule has 3 atom stereocenters. The van der Waals surface area contributed by atoms with Gasteiger partial charge in [0.05, 0.1) is 0 Å². The van der Waals surface area contributed by atoms with Crippen molar-refractivity contribution >= 4 is 0 Å². The van der Waals surface area contributed by atoms with Gasteiger partial charge in [-0.2, -0.15) is 0 Å². The molecule has 0 fully saturated rings. The zero-order chi connectivity index (χ0) is 15.4. The first-order valence-electron chi connectivity index (χ1n) is 8.35. The van der Waals surface area contributed by atoms with Crippen LogP contribution in [-0.4, -0.2) is 0 Å². The predicted molar refractivity (Wildman–Crippen MR) is 89.4 cm³/mol. The average Bonchev–Trinajstić information content (AvgIpc) is 2.19. The highest BCUT2D eigenvalue weighted by Crippen LogP contribution is 2.44. The molecular weight excluding hydrogens is 228 g/mol. The Labute approximate surface area is 123 Å². The van der Waals surface area contributed by atoms with Gasteiger partial charge in [-0.15, -0.1) is 0 Å². The zero-order valence-electron chi connectivity index (χ0n) is 15.4. The molecular formula is C19H40. The molecule has 19 heavy (non-hydrogen) atoms. The summed E-state index contributed by atoms with van der Waals surface area (Å²) in [5.41, 5.74) is 0.828. The second kappa shape index (κ2) is 7.14. The molecule has 0 amide bonds. The van der Waals surface area contributed by atoms with Crippen LogP contribution in [0.15, 0.2) is 0 Å². The quantitative estimate of drug-likeness (QED) is 0.497. The first-order valence-corrected chi connectivity index (χ1v) is 8.35. The van der Waals surface area contributed by atoms with E-state index in [9.17, 15) is 0 Å². The van der Waals surface area contributed by atoms with E-state index in [4.69, 9.17) is 0 Å². The molecule has 0 rings (SSSR count). The monoisotopic (exact) mass is 268 g/mol. The Bertz CT molecular complexity index is 236. The van der Waals surface area contributed by atoms with E-state index in [0.717, 1.165) is 23.7 Å². The van der Waals surface area contributed by atoms with E-state index in [-0.39, 0.29) is 0 Å². The third kappa shape index (κ3) is 7.37. The Balaban J connectivity index is 4.71. The van der Waals surface area contributed by atoms with Gasteiger partial charge in [0.15, 0.2) is 0 Å². The molecule has 0 spiro atoms. The van der Waals surface area contributed by atoms with Gasteiger partial charge in [-0.25, -0.2) is 0 Å². The summed E-state index contributed by atoms with van der Waals surface area (Å²) in [7, 11) is 0. The first kappa shape index (κ1) is 19.0. The fourth-order valence-corrected chi connectivity index (χ4v) is 3.08. The second-order valence-corrected chi connectivity index (χ2v) is 9.44. The van der Waals surface area contributed by atoms with Gasteiger partial charge >= 0.3 is 0 Å². The van der Waals surface area contributed by atoms with E-state index in [2.05, 4.69) is 69.2 Å². The van der Waals surface area contributed by atoms with Crippen molar-refractivity contribution in [3.05, 3.63) is 0 Å². The zero-order valence-corrected chi connectivity index (χ0v) is 15.4. The van der Waals surface area contributed by atoms with E-state index >= 15 is 0 Å². The van der Waals surface area contributed by atoms with Crippen LogP contribution in [0.2, 0.25) is 0 Å². The fraction of sp³-hybridized carbons (Fsp3) is 1.00. The van der Waals surface area contributed by atoms with Crippen molar-refractivity contribution in [3.63, 3.8) is 0 Å². The molecule has 0 aromatic carbocycles. The highest BCUT2D eigenvalue weighted by molar-refractivity contribution is 4.85. The highest BCUT2D eigenvalue weighted by Gasteiger charge is 2.36. The standard InChI is InChI=1S/C19H40/c1-14(2)11-12-15(3)13-17(19(8,9)10)16(4)18(5,6)7/h14-17H,11-13H2,1-10H3. The van der Waals surface area contributed by atoms with E-state index in [1.54, 1.807) is 0 Å². The summed E-state index contributed by atoms with van der Waals surface area (Å²) >= 11 is 0. The van der Waals surface area contributed by atoms with Crippen molar-refractivity contribution in [2.24, 2.45) is 34.5 Å². The Morgan fingerprint density at radius 2 is 1.16 bits per heavy atom. The van der Waals surface area contributed by atoms with Crippen LogP contribution in [-0.2, 0) is 0 Å². The second-order valence-electron chi connectivity index (χ2n) is 9.44. The predicted octanol–water partition coefficient (Wildman–Crippen LogP) is 6.79. The number of hydrogen-bond donors (Lipinski definition) is 0. The van der Waals surface area contributed by atoms with Crippen LogP contribution in [0.5, 0.6) is 0 Å². The summed E-state index contributed by atoms with van der Waals surface area (Å²) in [6.07, 6.45) is 4.15. The smallest absolute Gasteiger partial charge is 0.0332 e. The van der Waals surface area contributed by atoms with Crippen LogP contribution in [0, 0.1) is 34.5 Å². The third-order valence-corrected chi connectivity index (χ3v) is 4.98. The molecule has 0 heterocycles. The molecule has 0 aromatic heterocycles.